The third kappa shape index (κ3) is 3.78. The summed E-state index contributed by atoms with van der Waals surface area (Å²) >= 11 is 6.50. The number of methoxy groups -OCH3 is 1. The summed E-state index contributed by atoms with van der Waals surface area (Å²) in [6.45, 7) is 1.88. The molecule has 2 aromatic rings. The van der Waals surface area contributed by atoms with Crippen molar-refractivity contribution >= 4 is 42.0 Å². The Bertz CT molecular complexity index is 773. The number of hydrogen-bond acceptors (Lipinski definition) is 4. The smallest absolute Gasteiger partial charge is 0.340 e. The van der Waals surface area contributed by atoms with E-state index in [4.69, 9.17) is 8.92 Å². The Balaban J connectivity index is 2.42. The molecule has 0 aromatic heterocycles. The van der Waals surface area contributed by atoms with E-state index < -0.39 is 10.1 Å². The number of halogens is 2. The van der Waals surface area contributed by atoms with Crippen LogP contribution in [0.15, 0.2) is 50.2 Å². The lowest BCUT2D eigenvalue weighted by atomic mass is 10.2. The Morgan fingerprint density at radius 1 is 1.00 bits per heavy atom. The van der Waals surface area contributed by atoms with Crippen LogP contribution in [0.2, 0.25) is 0 Å². The average molecular weight is 436 g/mol. The van der Waals surface area contributed by atoms with Gasteiger partial charge in [0, 0.05) is 8.95 Å². The van der Waals surface area contributed by atoms with Gasteiger partial charge in [-0.05, 0) is 58.7 Å². The first-order valence-electron chi connectivity index (χ1n) is 5.87. The van der Waals surface area contributed by atoms with E-state index in [9.17, 15) is 8.42 Å². The molecule has 0 aliphatic rings. The molecule has 0 aliphatic heterocycles. The second-order valence-corrected chi connectivity index (χ2v) is 7.55. The predicted octanol–water partition coefficient (Wildman–Crippen LogP) is 4.30. The standard InChI is InChI=1S/C14H12Br2O4S/c1-9-3-5-12(13(7-9)19-2)20-21(17,18)14-6-4-10(15)8-11(14)16/h3-8H,1-2H3. The molecule has 0 radical (unpaired) electrons. The van der Waals surface area contributed by atoms with Crippen molar-refractivity contribution in [2.24, 2.45) is 0 Å². The number of rotatable bonds is 4. The highest BCUT2D eigenvalue weighted by Crippen LogP contribution is 2.33. The van der Waals surface area contributed by atoms with Crippen LogP contribution in [0.5, 0.6) is 11.5 Å². The van der Waals surface area contributed by atoms with Crippen LogP contribution in [-0.2, 0) is 10.1 Å². The molecule has 0 spiro atoms. The zero-order valence-corrected chi connectivity index (χ0v) is 15.2. The van der Waals surface area contributed by atoms with Gasteiger partial charge in [-0.15, -0.1) is 0 Å². The molecule has 0 amide bonds. The van der Waals surface area contributed by atoms with Gasteiger partial charge in [0.15, 0.2) is 11.5 Å². The zero-order valence-electron chi connectivity index (χ0n) is 11.3. The predicted molar refractivity (Wildman–Crippen MR) is 87.4 cm³/mol. The van der Waals surface area contributed by atoms with Gasteiger partial charge in [-0.3, -0.25) is 0 Å². The van der Waals surface area contributed by atoms with Crippen LogP contribution in [-0.4, -0.2) is 15.5 Å². The van der Waals surface area contributed by atoms with Crippen molar-refractivity contribution in [3.05, 3.63) is 50.9 Å². The first-order valence-corrected chi connectivity index (χ1v) is 8.87. The molecule has 0 atom stereocenters. The topological polar surface area (TPSA) is 52.6 Å². The summed E-state index contributed by atoms with van der Waals surface area (Å²) < 4.78 is 36.2. The molecule has 0 fully saturated rings. The van der Waals surface area contributed by atoms with E-state index in [1.807, 2.05) is 6.92 Å². The minimum Gasteiger partial charge on any atom is -0.493 e. The lowest BCUT2D eigenvalue weighted by molar-refractivity contribution is 0.390. The molecule has 21 heavy (non-hydrogen) atoms. The van der Waals surface area contributed by atoms with Crippen molar-refractivity contribution < 1.29 is 17.3 Å². The summed E-state index contributed by atoms with van der Waals surface area (Å²) in [6.07, 6.45) is 0. The van der Waals surface area contributed by atoms with E-state index in [1.54, 1.807) is 30.3 Å². The quantitative estimate of drug-likeness (QED) is 0.672. The maximum atomic E-state index is 12.4. The van der Waals surface area contributed by atoms with E-state index >= 15 is 0 Å². The highest BCUT2D eigenvalue weighted by Gasteiger charge is 2.22. The normalized spacial score (nSPS) is 11.2. The van der Waals surface area contributed by atoms with Crippen molar-refractivity contribution in [3.8, 4) is 11.5 Å². The van der Waals surface area contributed by atoms with Crippen LogP contribution in [0, 0.1) is 6.92 Å². The number of benzene rings is 2. The Kier molecular flexibility index (Phi) is 4.95. The van der Waals surface area contributed by atoms with E-state index in [2.05, 4.69) is 31.9 Å². The van der Waals surface area contributed by atoms with Crippen molar-refractivity contribution in [2.45, 2.75) is 11.8 Å². The van der Waals surface area contributed by atoms with Crippen molar-refractivity contribution in [1.29, 1.82) is 0 Å². The third-order valence-electron chi connectivity index (χ3n) is 2.68. The molecule has 0 bridgehead atoms. The largest absolute Gasteiger partial charge is 0.493 e. The summed E-state index contributed by atoms with van der Waals surface area (Å²) in [5.41, 5.74) is 0.946. The van der Waals surface area contributed by atoms with Crippen LogP contribution in [0.25, 0.3) is 0 Å². The summed E-state index contributed by atoms with van der Waals surface area (Å²) in [7, 11) is -2.49. The molecule has 0 unspecified atom stereocenters. The zero-order chi connectivity index (χ0) is 15.6. The minimum absolute atomic E-state index is 0.0494. The molecule has 7 heteroatoms. The molecule has 0 aliphatic carbocycles. The van der Waals surface area contributed by atoms with Gasteiger partial charge in [0.1, 0.15) is 4.90 Å². The average Bonchev–Trinajstić information content (AvgIpc) is 2.40. The van der Waals surface area contributed by atoms with Crippen LogP contribution < -0.4 is 8.92 Å². The van der Waals surface area contributed by atoms with Crippen molar-refractivity contribution in [3.63, 3.8) is 0 Å². The fourth-order valence-corrected chi connectivity index (χ4v) is 4.32. The number of hydrogen-bond donors (Lipinski definition) is 0. The molecule has 4 nitrogen and oxygen atoms in total. The minimum atomic E-state index is -3.95. The van der Waals surface area contributed by atoms with E-state index in [1.165, 1.54) is 13.2 Å². The van der Waals surface area contributed by atoms with Gasteiger partial charge in [0.2, 0.25) is 0 Å². The summed E-state index contributed by atoms with van der Waals surface area (Å²) in [4.78, 5) is 0.0494. The Morgan fingerprint density at radius 2 is 1.71 bits per heavy atom. The van der Waals surface area contributed by atoms with E-state index in [0.29, 0.717) is 10.2 Å². The summed E-state index contributed by atoms with van der Waals surface area (Å²) in [5.74, 6) is 0.518. The van der Waals surface area contributed by atoms with Crippen molar-refractivity contribution in [2.75, 3.05) is 7.11 Å². The Hall–Kier alpha value is -1.05. The summed E-state index contributed by atoms with van der Waals surface area (Å²) in [5, 5.41) is 0. The fourth-order valence-electron chi connectivity index (χ4n) is 1.68. The second-order valence-electron chi connectivity index (χ2n) is 4.27. The lowest BCUT2D eigenvalue weighted by Gasteiger charge is -2.12. The maximum absolute atomic E-state index is 12.4. The first-order chi connectivity index (χ1) is 9.83. The van der Waals surface area contributed by atoms with E-state index in [0.717, 1.165) is 10.0 Å². The van der Waals surface area contributed by atoms with Gasteiger partial charge in [-0.2, -0.15) is 8.42 Å². The van der Waals surface area contributed by atoms with Crippen LogP contribution >= 0.6 is 31.9 Å². The monoisotopic (exact) mass is 434 g/mol. The molecule has 0 saturated carbocycles. The molecule has 2 aromatic carbocycles. The summed E-state index contributed by atoms with van der Waals surface area (Å²) in [6, 6.07) is 9.77. The van der Waals surface area contributed by atoms with Gasteiger partial charge in [-0.1, -0.05) is 22.0 Å². The SMILES string of the molecule is COc1cc(C)ccc1OS(=O)(=O)c1ccc(Br)cc1Br. The highest BCUT2D eigenvalue weighted by atomic mass is 79.9. The molecule has 0 saturated heterocycles. The molecule has 112 valence electrons. The second kappa shape index (κ2) is 6.37. The van der Waals surface area contributed by atoms with Crippen LogP contribution in [0.1, 0.15) is 5.56 Å². The number of aryl methyl sites for hydroxylation is 1. The van der Waals surface area contributed by atoms with Gasteiger partial charge in [0.05, 0.1) is 7.11 Å². The van der Waals surface area contributed by atoms with Gasteiger partial charge in [0.25, 0.3) is 0 Å². The molecular formula is C14H12Br2O4S. The molecular weight excluding hydrogens is 424 g/mol. The van der Waals surface area contributed by atoms with E-state index in [-0.39, 0.29) is 10.6 Å². The van der Waals surface area contributed by atoms with Gasteiger partial charge in [-0.25, -0.2) is 0 Å². The third-order valence-corrected chi connectivity index (χ3v) is 5.39. The number of ether oxygens (including phenoxy) is 1. The fraction of sp³-hybridized carbons (Fsp3) is 0.143. The van der Waals surface area contributed by atoms with Crippen LogP contribution in [0.3, 0.4) is 0 Å². The first kappa shape index (κ1) is 16.3. The maximum Gasteiger partial charge on any atom is 0.340 e. The Labute approximate surface area is 140 Å². The Morgan fingerprint density at radius 3 is 2.33 bits per heavy atom. The van der Waals surface area contributed by atoms with Crippen LogP contribution in [0.4, 0.5) is 0 Å². The molecule has 0 heterocycles. The molecule has 0 N–H and O–H groups in total. The highest BCUT2D eigenvalue weighted by molar-refractivity contribution is 9.11. The lowest BCUT2D eigenvalue weighted by Crippen LogP contribution is -2.11. The van der Waals surface area contributed by atoms with Gasteiger partial charge >= 0.3 is 10.1 Å². The van der Waals surface area contributed by atoms with Gasteiger partial charge < -0.3 is 8.92 Å². The molecule has 2 rings (SSSR count). The van der Waals surface area contributed by atoms with Crippen molar-refractivity contribution in [1.82, 2.24) is 0 Å².